The summed E-state index contributed by atoms with van der Waals surface area (Å²) in [5, 5.41) is 0. The predicted octanol–water partition coefficient (Wildman–Crippen LogP) is 3.00. The molecule has 5 heteroatoms. The van der Waals surface area contributed by atoms with Crippen LogP contribution < -0.4 is 0 Å². The van der Waals surface area contributed by atoms with Crippen molar-refractivity contribution >= 4 is 11.9 Å². The Kier molecular flexibility index (Phi) is 9.06. The van der Waals surface area contributed by atoms with E-state index >= 15 is 0 Å². The lowest BCUT2D eigenvalue weighted by molar-refractivity contribution is -0.150. The molecule has 0 aromatic heterocycles. The first-order valence-electron chi connectivity index (χ1n) is 7.97. The molecule has 0 aromatic carbocycles. The van der Waals surface area contributed by atoms with Gasteiger partial charge in [-0.05, 0) is 44.9 Å². The molecule has 1 rings (SSSR count). The summed E-state index contributed by atoms with van der Waals surface area (Å²) < 4.78 is 15.6. The van der Waals surface area contributed by atoms with Crippen LogP contribution in [-0.4, -0.2) is 37.9 Å². The highest BCUT2D eigenvalue weighted by atomic mass is 16.5. The first-order chi connectivity index (χ1) is 10.1. The van der Waals surface area contributed by atoms with Crippen LogP contribution in [0.25, 0.3) is 0 Å². The highest BCUT2D eigenvalue weighted by molar-refractivity contribution is 5.69. The van der Waals surface area contributed by atoms with Gasteiger partial charge < -0.3 is 14.2 Å². The second kappa shape index (κ2) is 10.6. The van der Waals surface area contributed by atoms with Gasteiger partial charge in [-0.2, -0.15) is 0 Å². The maximum atomic E-state index is 11.7. The molecule has 0 amide bonds. The van der Waals surface area contributed by atoms with Crippen molar-refractivity contribution in [3.63, 3.8) is 0 Å². The van der Waals surface area contributed by atoms with Crippen LogP contribution >= 0.6 is 0 Å². The van der Waals surface area contributed by atoms with Crippen LogP contribution in [0.15, 0.2) is 0 Å². The van der Waals surface area contributed by atoms with E-state index in [1.807, 2.05) is 0 Å². The lowest BCUT2D eigenvalue weighted by Crippen LogP contribution is -2.18. The van der Waals surface area contributed by atoms with Crippen molar-refractivity contribution in [2.45, 2.75) is 76.9 Å². The molecule has 0 unspecified atom stereocenters. The number of unbranched alkanes of at least 4 members (excludes halogenated alkanes) is 1. The highest BCUT2D eigenvalue weighted by Crippen LogP contribution is 2.21. The van der Waals surface area contributed by atoms with Gasteiger partial charge in [0.05, 0.1) is 0 Å². The zero-order valence-electron chi connectivity index (χ0n) is 13.3. The van der Waals surface area contributed by atoms with Crippen molar-refractivity contribution in [3.8, 4) is 0 Å². The van der Waals surface area contributed by atoms with Crippen LogP contribution in [0.1, 0.15) is 64.7 Å². The molecule has 0 bridgehead atoms. The summed E-state index contributed by atoms with van der Waals surface area (Å²) in [5.41, 5.74) is 0. The number of carbonyl (C=O) groups is 2. The number of ether oxygens (including phenoxy) is 3. The van der Waals surface area contributed by atoms with Gasteiger partial charge in [-0.1, -0.05) is 0 Å². The summed E-state index contributed by atoms with van der Waals surface area (Å²) in [7, 11) is 1.63. The van der Waals surface area contributed by atoms with Crippen molar-refractivity contribution < 1.29 is 23.8 Å². The van der Waals surface area contributed by atoms with E-state index < -0.39 is 0 Å². The quantitative estimate of drug-likeness (QED) is 0.458. The Morgan fingerprint density at radius 2 is 1.86 bits per heavy atom. The summed E-state index contributed by atoms with van der Waals surface area (Å²) in [5.74, 6) is -0.362. The van der Waals surface area contributed by atoms with E-state index in [1.165, 1.54) is 19.8 Å². The third-order valence-electron chi connectivity index (χ3n) is 3.73. The molecule has 1 aliphatic carbocycles. The zero-order valence-corrected chi connectivity index (χ0v) is 13.3. The average molecular weight is 300 g/mol. The van der Waals surface area contributed by atoms with E-state index in [9.17, 15) is 9.59 Å². The second-order valence-electron chi connectivity index (χ2n) is 5.66. The largest absolute Gasteiger partial charge is 0.462 e. The van der Waals surface area contributed by atoms with Gasteiger partial charge in [0.15, 0.2) is 0 Å². The lowest BCUT2D eigenvalue weighted by atomic mass is 10.1. The zero-order chi connectivity index (χ0) is 15.5. The highest BCUT2D eigenvalue weighted by Gasteiger charge is 2.19. The fraction of sp³-hybridized carbons (Fsp3) is 0.875. The van der Waals surface area contributed by atoms with E-state index in [4.69, 9.17) is 14.2 Å². The smallest absolute Gasteiger partial charge is 0.306 e. The van der Waals surface area contributed by atoms with Crippen LogP contribution in [0.2, 0.25) is 0 Å². The normalized spacial score (nSPS) is 16.7. The summed E-state index contributed by atoms with van der Waals surface area (Å²) in [6.07, 6.45) is 7.92. The van der Waals surface area contributed by atoms with Gasteiger partial charge in [-0.25, -0.2) is 0 Å². The van der Waals surface area contributed by atoms with Crippen LogP contribution in [0.5, 0.6) is 0 Å². The lowest BCUT2D eigenvalue weighted by Gasteiger charge is -2.16. The topological polar surface area (TPSA) is 61.8 Å². The Morgan fingerprint density at radius 1 is 1.14 bits per heavy atom. The monoisotopic (exact) mass is 300 g/mol. The summed E-state index contributed by atoms with van der Waals surface area (Å²) in [4.78, 5) is 22.7. The number of rotatable bonds is 10. The number of carbonyl (C=O) groups excluding carboxylic acids is 2. The van der Waals surface area contributed by atoms with Crippen molar-refractivity contribution in [2.24, 2.45) is 0 Å². The number of esters is 2. The molecule has 122 valence electrons. The van der Waals surface area contributed by atoms with Crippen molar-refractivity contribution in [3.05, 3.63) is 0 Å². The van der Waals surface area contributed by atoms with Gasteiger partial charge in [0.2, 0.25) is 0 Å². The standard InChI is InChI=1S/C16H28O5/c1-13(17)20-15(11-12-19-2)9-5-6-10-16(18)21-14-7-3-4-8-14/h14-15H,3-12H2,1-2H3/t15-/m1/s1. The molecular formula is C16H28O5. The number of hydrogen-bond donors (Lipinski definition) is 0. The van der Waals surface area contributed by atoms with Crippen LogP contribution in [0, 0.1) is 0 Å². The molecule has 5 nitrogen and oxygen atoms in total. The van der Waals surface area contributed by atoms with E-state index in [2.05, 4.69) is 0 Å². The maximum Gasteiger partial charge on any atom is 0.306 e. The Balaban J connectivity index is 2.11. The van der Waals surface area contributed by atoms with Crippen LogP contribution in [0.4, 0.5) is 0 Å². The summed E-state index contributed by atoms with van der Waals surface area (Å²) >= 11 is 0. The number of methoxy groups -OCH3 is 1. The SMILES string of the molecule is COCC[C@@H](CCCCC(=O)OC1CCCC1)OC(C)=O. The molecule has 1 aliphatic rings. The molecule has 0 aliphatic heterocycles. The minimum Gasteiger partial charge on any atom is -0.462 e. The van der Waals surface area contributed by atoms with Crippen LogP contribution in [0.3, 0.4) is 0 Å². The molecule has 0 N–H and O–H groups in total. The molecule has 1 atom stereocenters. The molecule has 0 spiro atoms. The van der Waals surface area contributed by atoms with Crippen LogP contribution in [-0.2, 0) is 23.8 Å². The van der Waals surface area contributed by atoms with Crippen molar-refractivity contribution in [2.75, 3.05) is 13.7 Å². The van der Waals surface area contributed by atoms with Crippen molar-refractivity contribution in [1.29, 1.82) is 0 Å². The van der Waals surface area contributed by atoms with E-state index in [0.29, 0.717) is 19.4 Å². The van der Waals surface area contributed by atoms with Gasteiger partial charge in [-0.15, -0.1) is 0 Å². The fourth-order valence-corrected chi connectivity index (χ4v) is 2.64. The minimum absolute atomic E-state index is 0.0946. The molecule has 21 heavy (non-hydrogen) atoms. The van der Waals surface area contributed by atoms with Gasteiger partial charge >= 0.3 is 11.9 Å². The molecule has 0 radical (unpaired) electrons. The second-order valence-corrected chi connectivity index (χ2v) is 5.66. The van der Waals surface area contributed by atoms with E-state index in [1.54, 1.807) is 7.11 Å². The predicted molar refractivity (Wildman–Crippen MR) is 78.9 cm³/mol. The summed E-state index contributed by atoms with van der Waals surface area (Å²) in [6.45, 7) is 1.99. The maximum absolute atomic E-state index is 11.7. The molecule has 0 saturated heterocycles. The van der Waals surface area contributed by atoms with E-state index in [0.717, 1.165) is 32.1 Å². The molecule has 0 heterocycles. The summed E-state index contributed by atoms with van der Waals surface area (Å²) in [6, 6.07) is 0. The molecular weight excluding hydrogens is 272 g/mol. The minimum atomic E-state index is -0.267. The Bertz CT molecular complexity index is 310. The third kappa shape index (κ3) is 8.71. The average Bonchev–Trinajstić information content (AvgIpc) is 2.92. The molecule has 1 fully saturated rings. The molecule has 0 aromatic rings. The van der Waals surface area contributed by atoms with Gasteiger partial charge in [0.25, 0.3) is 0 Å². The Morgan fingerprint density at radius 3 is 2.48 bits per heavy atom. The fourth-order valence-electron chi connectivity index (χ4n) is 2.64. The third-order valence-corrected chi connectivity index (χ3v) is 3.73. The Labute approximate surface area is 127 Å². The Hall–Kier alpha value is -1.10. The first kappa shape index (κ1) is 18.0. The first-order valence-corrected chi connectivity index (χ1v) is 7.97. The van der Waals surface area contributed by atoms with Gasteiger partial charge in [-0.3, -0.25) is 9.59 Å². The van der Waals surface area contributed by atoms with Gasteiger partial charge in [0, 0.05) is 33.5 Å². The van der Waals surface area contributed by atoms with Crippen molar-refractivity contribution in [1.82, 2.24) is 0 Å². The number of hydrogen-bond acceptors (Lipinski definition) is 5. The molecule has 1 saturated carbocycles. The van der Waals surface area contributed by atoms with Gasteiger partial charge in [0.1, 0.15) is 12.2 Å². The van der Waals surface area contributed by atoms with E-state index in [-0.39, 0.29) is 24.1 Å².